The molecule has 0 unspecified atom stereocenters. The largest absolute Gasteiger partial charge is 0.364 e. The summed E-state index contributed by atoms with van der Waals surface area (Å²) in [5, 5.41) is 3.21. The maximum absolute atomic E-state index is 11.6. The lowest BCUT2D eigenvalue weighted by Crippen LogP contribution is -2.14. The zero-order valence-corrected chi connectivity index (χ0v) is 11.5. The van der Waals surface area contributed by atoms with Crippen LogP contribution in [0.4, 0.5) is 5.82 Å². The molecule has 0 aliphatic heterocycles. The zero-order chi connectivity index (χ0) is 13.9. The minimum atomic E-state index is -0.0962. The van der Waals surface area contributed by atoms with E-state index in [1.165, 1.54) is 11.6 Å². The van der Waals surface area contributed by atoms with Crippen LogP contribution < -0.4 is 10.9 Å². The highest BCUT2D eigenvalue weighted by molar-refractivity contribution is 5.35. The molecule has 5 heteroatoms. The van der Waals surface area contributed by atoms with Crippen LogP contribution in [-0.2, 0) is 13.0 Å². The van der Waals surface area contributed by atoms with Gasteiger partial charge in [-0.05, 0) is 30.9 Å². The maximum Gasteiger partial charge on any atom is 0.252 e. The van der Waals surface area contributed by atoms with E-state index in [1.807, 2.05) is 6.07 Å². The minimum Gasteiger partial charge on any atom is -0.364 e. The van der Waals surface area contributed by atoms with E-state index in [2.05, 4.69) is 33.3 Å². The van der Waals surface area contributed by atoms with Crippen LogP contribution >= 0.6 is 0 Å². The zero-order valence-electron chi connectivity index (χ0n) is 11.5. The van der Waals surface area contributed by atoms with Gasteiger partial charge in [-0.1, -0.05) is 13.0 Å². The number of hydrogen-bond acceptors (Lipinski definition) is 4. The highest BCUT2D eigenvalue weighted by Crippen LogP contribution is 2.37. The Labute approximate surface area is 117 Å². The number of hydrogen-bond donors (Lipinski definition) is 2. The third kappa shape index (κ3) is 2.87. The van der Waals surface area contributed by atoms with Crippen molar-refractivity contribution in [3.8, 4) is 0 Å². The van der Waals surface area contributed by atoms with E-state index in [1.54, 1.807) is 6.20 Å². The second-order valence-electron chi connectivity index (χ2n) is 5.11. The normalized spacial score (nSPS) is 14.2. The fraction of sp³-hybridized carbons (Fsp3) is 0.400. The van der Waals surface area contributed by atoms with Gasteiger partial charge in [0.25, 0.3) is 5.56 Å². The predicted octanol–water partition coefficient (Wildman–Crippen LogP) is 2.22. The Bertz CT molecular complexity index is 661. The highest BCUT2D eigenvalue weighted by Gasteiger charge is 2.26. The second-order valence-corrected chi connectivity index (χ2v) is 5.11. The molecule has 20 heavy (non-hydrogen) atoms. The number of pyridine rings is 1. The first kappa shape index (κ1) is 12.8. The number of aromatic nitrogens is 3. The Morgan fingerprint density at radius 3 is 3.05 bits per heavy atom. The van der Waals surface area contributed by atoms with Gasteiger partial charge in [-0.25, -0.2) is 4.98 Å². The van der Waals surface area contributed by atoms with Gasteiger partial charge in [0.2, 0.25) is 0 Å². The minimum absolute atomic E-state index is 0.0962. The van der Waals surface area contributed by atoms with E-state index in [0.29, 0.717) is 18.3 Å². The van der Waals surface area contributed by atoms with Crippen molar-refractivity contribution in [1.82, 2.24) is 15.0 Å². The highest BCUT2D eigenvalue weighted by atomic mass is 16.1. The van der Waals surface area contributed by atoms with Gasteiger partial charge in [-0.3, -0.25) is 9.78 Å². The molecule has 2 aromatic rings. The van der Waals surface area contributed by atoms with E-state index in [4.69, 9.17) is 0 Å². The van der Waals surface area contributed by atoms with Crippen LogP contribution in [0.15, 0.2) is 29.2 Å². The molecule has 1 saturated carbocycles. The molecule has 2 N–H and O–H groups in total. The summed E-state index contributed by atoms with van der Waals surface area (Å²) in [7, 11) is 0. The average Bonchev–Trinajstić information content (AvgIpc) is 3.29. The first-order valence-corrected chi connectivity index (χ1v) is 7.04. The molecule has 104 valence electrons. The molecule has 1 aliphatic rings. The van der Waals surface area contributed by atoms with Crippen molar-refractivity contribution in [2.75, 3.05) is 5.32 Å². The summed E-state index contributed by atoms with van der Waals surface area (Å²) in [6.45, 7) is 2.70. The summed E-state index contributed by atoms with van der Waals surface area (Å²) < 4.78 is 0. The quantitative estimate of drug-likeness (QED) is 0.874. The lowest BCUT2D eigenvalue weighted by molar-refractivity contribution is 0.895. The van der Waals surface area contributed by atoms with Gasteiger partial charge in [0, 0.05) is 18.2 Å². The summed E-state index contributed by atoms with van der Waals surface area (Å²) in [4.78, 5) is 23.3. The third-order valence-corrected chi connectivity index (χ3v) is 3.53. The van der Waals surface area contributed by atoms with Gasteiger partial charge in [-0.15, -0.1) is 0 Å². The summed E-state index contributed by atoms with van der Waals surface area (Å²) in [6.07, 6.45) is 4.97. The van der Waals surface area contributed by atoms with E-state index in [0.717, 1.165) is 30.8 Å². The monoisotopic (exact) mass is 270 g/mol. The fourth-order valence-corrected chi connectivity index (χ4v) is 2.24. The van der Waals surface area contributed by atoms with Crippen LogP contribution in [0.2, 0.25) is 0 Å². The Balaban J connectivity index is 1.76. The molecule has 0 bridgehead atoms. The van der Waals surface area contributed by atoms with E-state index >= 15 is 0 Å². The molecule has 3 rings (SSSR count). The van der Waals surface area contributed by atoms with Gasteiger partial charge >= 0.3 is 0 Å². The number of rotatable bonds is 5. The van der Waals surface area contributed by atoms with Gasteiger partial charge in [-0.2, -0.15) is 0 Å². The Morgan fingerprint density at radius 1 is 1.45 bits per heavy atom. The van der Waals surface area contributed by atoms with Crippen molar-refractivity contribution in [3.63, 3.8) is 0 Å². The molecule has 0 atom stereocenters. The van der Waals surface area contributed by atoms with Gasteiger partial charge in [0.15, 0.2) is 0 Å². The molecule has 2 aromatic heterocycles. The number of aryl methyl sites for hydroxylation is 1. The molecule has 0 radical (unpaired) electrons. The first-order chi connectivity index (χ1) is 9.76. The molecular weight excluding hydrogens is 252 g/mol. The van der Waals surface area contributed by atoms with Crippen molar-refractivity contribution in [1.29, 1.82) is 0 Å². The van der Waals surface area contributed by atoms with Crippen LogP contribution in [0.5, 0.6) is 0 Å². The lowest BCUT2D eigenvalue weighted by Gasteiger charge is -2.09. The molecule has 1 aliphatic carbocycles. The second kappa shape index (κ2) is 5.45. The fourth-order valence-electron chi connectivity index (χ4n) is 2.24. The molecule has 2 heterocycles. The number of H-pyrrole nitrogens is 1. The van der Waals surface area contributed by atoms with Crippen LogP contribution in [0.1, 0.15) is 42.8 Å². The standard InChI is InChI=1S/C15H18N4O/c1-2-10-4-3-7-16-12(10)9-17-13-8-14(20)19-15(18-13)11-5-6-11/h3-4,7-8,11H,2,5-6,9H2,1H3,(H2,17,18,19,20). The number of nitrogens with zero attached hydrogens (tertiary/aromatic N) is 2. The molecular formula is C15H18N4O. The van der Waals surface area contributed by atoms with Crippen LogP contribution in [0.25, 0.3) is 0 Å². The Kier molecular flexibility index (Phi) is 3.50. The third-order valence-electron chi connectivity index (χ3n) is 3.53. The van der Waals surface area contributed by atoms with E-state index in [9.17, 15) is 4.79 Å². The van der Waals surface area contributed by atoms with Crippen molar-refractivity contribution in [3.05, 3.63) is 51.8 Å². The number of anilines is 1. The van der Waals surface area contributed by atoms with Crippen LogP contribution in [0, 0.1) is 0 Å². The van der Waals surface area contributed by atoms with Crippen molar-refractivity contribution >= 4 is 5.82 Å². The first-order valence-electron chi connectivity index (χ1n) is 7.04. The SMILES string of the molecule is CCc1cccnc1CNc1cc(=O)[nH]c(C2CC2)n1. The van der Waals surface area contributed by atoms with Crippen LogP contribution in [-0.4, -0.2) is 15.0 Å². The predicted molar refractivity (Wildman–Crippen MR) is 77.8 cm³/mol. The summed E-state index contributed by atoms with van der Waals surface area (Å²) in [6, 6.07) is 5.52. The topological polar surface area (TPSA) is 70.7 Å². The molecule has 5 nitrogen and oxygen atoms in total. The van der Waals surface area contributed by atoms with E-state index < -0.39 is 0 Å². The summed E-state index contributed by atoms with van der Waals surface area (Å²) >= 11 is 0. The smallest absolute Gasteiger partial charge is 0.252 e. The Hall–Kier alpha value is -2.17. The van der Waals surface area contributed by atoms with Crippen molar-refractivity contribution < 1.29 is 0 Å². The molecule has 1 fully saturated rings. The summed E-state index contributed by atoms with van der Waals surface area (Å²) in [5.41, 5.74) is 2.12. The molecule has 0 aromatic carbocycles. The maximum atomic E-state index is 11.6. The van der Waals surface area contributed by atoms with Gasteiger partial charge in [0.05, 0.1) is 12.2 Å². The molecule has 0 spiro atoms. The van der Waals surface area contributed by atoms with Crippen molar-refractivity contribution in [2.24, 2.45) is 0 Å². The number of aromatic amines is 1. The van der Waals surface area contributed by atoms with Gasteiger partial charge < -0.3 is 10.3 Å². The van der Waals surface area contributed by atoms with Crippen LogP contribution in [0.3, 0.4) is 0 Å². The molecule has 0 amide bonds. The summed E-state index contributed by atoms with van der Waals surface area (Å²) in [5.74, 6) is 1.87. The number of nitrogens with one attached hydrogen (secondary N) is 2. The van der Waals surface area contributed by atoms with Gasteiger partial charge in [0.1, 0.15) is 11.6 Å². The Morgan fingerprint density at radius 2 is 2.30 bits per heavy atom. The lowest BCUT2D eigenvalue weighted by atomic mass is 10.1. The van der Waals surface area contributed by atoms with Crippen molar-refractivity contribution in [2.45, 2.75) is 38.6 Å². The van der Waals surface area contributed by atoms with E-state index in [-0.39, 0.29) is 5.56 Å². The molecule has 0 saturated heterocycles. The average molecular weight is 270 g/mol.